The van der Waals surface area contributed by atoms with Crippen LogP contribution >= 0.6 is 0 Å². The van der Waals surface area contributed by atoms with Gasteiger partial charge in [-0.15, -0.1) is 0 Å². The van der Waals surface area contributed by atoms with Crippen LogP contribution in [0.4, 0.5) is 0 Å². The molecule has 9 rings (SSSR count). The summed E-state index contributed by atoms with van der Waals surface area (Å²) in [7, 11) is 0. The third-order valence-corrected chi connectivity index (χ3v) is 9.16. The number of para-hydroxylation sites is 1. The van der Waals surface area contributed by atoms with Crippen molar-refractivity contribution < 1.29 is 0 Å². The quantitative estimate of drug-likeness (QED) is 0.185. The standard InChI is InChI=1S/C44H29N/c1-4-15-30(16-5-1)33-21-14-22-34(29-33)45-39-26-13-12-25-37(39)43-40(45)28-27-38-41(31-17-6-2-7-18-31)35-23-10-11-24-36(35)42(44(38)43)32-19-8-3-9-20-32/h1-29H. The fourth-order valence-corrected chi connectivity index (χ4v) is 7.28. The number of aromatic nitrogens is 1. The van der Waals surface area contributed by atoms with E-state index in [4.69, 9.17) is 0 Å². The SMILES string of the molecule is c1ccc(-c2cccc(-n3c4ccccc4c4c5c(-c6ccccc6)c6ccccc6c(-c6ccccc6)c5ccc43)c2)cc1. The van der Waals surface area contributed by atoms with Gasteiger partial charge in [0.15, 0.2) is 0 Å². The second-order valence-corrected chi connectivity index (χ2v) is 11.7. The van der Waals surface area contributed by atoms with E-state index >= 15 is 0 Å². The number of hydrogen-bond acceptors (Lipinski definition) is 0. The first-order valence-corrected chi connectivity index (χ1v) is 15.5. The summed E-state index contributed by atoms with van der Waals surface area (Å²) in [6.45, 7) is 0. The topological polar surface area (TPSA) is 4.93 Å². The molecule has 0 N–H and O–H groups in total. The van der Waals surface area contributed by atoms with Crippen molar-refractivity contribution in [3.63, 3.8) is 0 Å². The summed E-state index contributed by atoms with van der Waals surface area (Å²) in [5.74, 6) is 0. The maximum atomic E-state index is 2.45. The molecule has 0 spiro atoms. The van der Waals surface area contributed by atoms with Crippen molar-refractivity contribution in [3.05, 3.63) is 176 Å². The van der Waals surface area contributed by atoms with Crippen molar-refractivity contribution in [2.45, 2.75) is 0 Å². The van der Waals surface area contributed by atoms with E-state index in [2.05, 4.69) is 180 Å². The lowest BCUT2D eigenvalue weighted by Gasteiger charge is -2.19. The van der Waals surface area contributed by atoms with Gasteiger partial charge in [0.1, 0.15) is 0 Å². The van der Waals surface area contributed by atoms with Gasteiger partial charge in [0.2, 0.25) is 0 Å². The number of hydrogen-bond donors (Lipinski definition) is 0. The number of rotatable bonds is 4. The molecule has 0 saturated carbocycles. The Labute approximate surface area is 262 Å². The molecule has 0 aliphatic carbocycles. The van der Waals surface area contributed by atoms with E-state index in [1.165, 1.54) is 76.7 Å². The third kappa shape index (κ3) is 4.02. The lowest BCUT2D eigenvalue weighted by molar-refractivity contribution is 1.18. The van der Waals surface area contributed by atoms with Gasteiger partial charge in [-0.3, -0.25) is 0 Å². The molecule has 8 aromatic carbocycles. The molecule has 0 fully saturated rings. The molecule has 1 aromatic heterocycles. The largest absolute Gasteiger partial charge is 0.309 e. The zero-order valence-electron chi connectivity index (χ0n) is 24.7. The fourth-order valence-electron chi connectivity index (χ4n) is 7.28. The van der Waals surface area contributed by atoms with Gasteiger partial charge in [-0.2, -0.15) is 0 Å². The molecule has 1 nitrogen and oxygen atoms in total. The van der Waals surface area contributed by atoms with Gasteiger partial charge in [0, 0.05) is 21.8 Å². The third-order valence-electron chi connectivity index (χ3n) is 9.16. The van der Waals surface area contributed by atoms with E-state index in [9.17, 15) is 0 Å². The first-order chi connectivity index (χ1) is 22.4. The molecule has 9 aromatic rings. The normalized spacial score (nSPS) is 11.6. The summed E-state index contributed by atoms with van der Waals surface area (Å²) >= 11 is 0. The predicted octanol–water partition coefficient (Wildman–Crippen LogP) is 12.1. The van der Waals surface area contributed by atoms with Crippen LogP contribution in [-0.4, -0.2) is 4.57 Å². The molecule has 0 aliphatic rings. The summed E-state index contributed by atoms with van der Waals surface area (Å²) < 4.78 is 2.45. The Morgan fingerprint density at radius 1 is 0.289 bits per heavy atom. The van der Waals surface area contributed by atoms with Crippen molar-refractivity contribution in [2.24, 2.45) is 0 Å². The Balaban J connectivity index is 1.49. The monoisotopic (exact) mass is 571 g/mol. The van der Waals surface area contributed by atoms with Crippen LogP contribution in [0.15, 0.2) is 176 Å². The maximum absolute atomic E-state index is 2.45. The highest BCUT2D eigenvalue weighted by Gasteiger charge is 2.22. The average Bonchev–Trinajstić information content (AvgIpc) is 3.46. The molecule has 0 saturated heterocycles. The van der Waals surface area contributed by atoms with E-state index in [1.807, 2.05) is 0 Å². The molecule has 0 unspecified atom stereocenters. The highest BCUT2D eigenvalue weighted by molar-refractivity contribution is 6.32. The Bertz CT molecular complexity index is 2510. The number of benzene rings is 8. The van der Waals surface area contributed by atoms with Gasteiger partial charge in [0.25, 0.3) is 0 Å². The van der Waals surface area contributed by atoms with E-state index in [-0.39, 0.29) is 0 Å². The Hall–Kier alpha value is -5.92. The molecule has 0 bridgehead atoms. The summed E-state index contributed by atoms with van der Waals surface area (Å²) in [5.41, 5.74) is 11.0. The second-order valence-electron chi connectivity index (χ2n) is 11.7. The van der Waals surface area contributed by atoms with Crippen LogP contribution in [-0.2, 0) is 0 Å². The van der Waals surface area contributed by atoms with Crippen LogP contribution in [0.5, 0.6) is 0 Å². The zero-order valence-corrected chi connectivity index (χ0v) is 24.7. The Morgan fingerprint density at radius 2 is 0.822 bits per heavy atom. The van der Waals surface area contributed by atoms with Crippen molar-refractivity contribution in [2.75, 3.05) is 0 Å². The van der Waals surface area contributed by atoms with Gasteiger partial charge in [-0.1, -0.05) is 152 Å². The molecule has 0 amide bonds. The first kappa shape index (κ1) is 25.6. The number of nitrogens with zero attached hydrogens (tertiary/aromatic N) is 1. The fraction of sp³-hybridized carbons (Fsp3) is 0. The van der Waals surface area contributed by atoms with E-state index in [0.29, 0.717) is 0 Å². The van der Waals surface area contributed by atoms with Crippen molar-refractivity contribution in [1.82, 2.24) is 4.57 Å². The van der Waals surface area contributed by atoms with Crippen molar-refractivity contribution in [3.8, 4) is 39.1 Å². The summed E-state index contributed by atoms with van der Waals surface area (Å²) in [5, 5.41) is 7.65. The average molecular weight is 572 g/mol. The summed E-state index contributed by atoms with van der Waals surface area (Å²) in [6.07, 6.45) is 0. The Morgan fingerprint density at radius 3 is 1.51 bits per heavy atom. The van der Waals surface area contributed by atoms with Gasteiger partial charge in [-0.25, -0.2) is 0 Å². The van der Waals surface area contributed by atoms with Crippen LogP contribution in [0.3, 0.4) is 0 Å². The van der Waals surface area contributed by atoms with Gasteiger partial charge >= 0.3 is 0 Å². The van der Waals surface area contributed by atoms with E-state index < -0.39 is 0 Å². The van der Waals surface area contributed by atoms with Crippen LogP contribution in [0.2, 0.25) is 0 Å². The predicted molar refractivity (Wildman–Crippen MR) is 192 cm³/mol. The number of fused-ring (bicyclic) bond motifs is 6. The lowest BCUT2D eigenvalue weighted by Crippen LogP contribution is -1.95. The second kappa shape index (κ2) is 10.4. The van der Waals surface area contributed by atoms with E-state index in [1.54, 1.807) is 0 Å². The summed E-state index contributed by atoms with van der Waals surface area (Å²) in [4.78, 5) is 0. The van der Waals surface area contributed by atoms with E-state index in [0.717, 1.165) is 5.69 Å². The van der Waals surface area contributed by atoms with Gasteiger partial charge in [-0.05, 0) is 73.8 Å². The first-order valence-electron chi connectivity index (χ1n) is 15.5. The van der Waals surface area contributed by atoms with Crippen molar-refractivity contribution >= 4 is 43.4 Å². The maximum Gasteiger partial charge on any atom is 0.0547 e. The molecular weight excluding hydrogens is 542 g/mol. The smallest absolute Gasteiger partial charge is 0.0547 e. The van der Waals surface area contributed by atoms with Crippen molar-refractivity contribution in [1.29, 1.82) is 0 Å². The highest BCUT2D eigenvalue weighted by Crippen LogP contribution is 2.48. The van der Waals surface area contributed by atoms with Gasteiger partial charge < -0.3 is 4.57 Å². The molecule has 1 heterocycles. The molecule has 0 radical (unpaired) electrons. The lowest BCUT2D eigenvalue weighted by atomic mass is 9.84. The minimum absolute atomic E-state index is 1.16. The molecule has 45 heavy (non-hydrogen) atoms. The minimum atomic E-state index is 1.16. The molecular formula is C44H29N. The van der Waals surface area contributed by atoms with Crippen LogP contribution in [0.1, 0.15) is 0 Å². The zero-order chi connectivity index (χ0) is 29.7. The molecule has 210 valence electrons. The molecule has 0 aliphatic heterocycles. The molecule has 0 atom stereocenters. The van der Waals surface area contributed by atoms with Gasteiger partial charge in [0.05, 0.1) is 11.0 Å². The Kier molecular flexibility index (Phi) is 5.89. The van der Waals surface area contributed by atoms with Crippen LogP contribution in [0.25, 0.3) is 82.4 Å². The minimum Gasteiger partial charge on any atom is -0.309 e. The van der Waals surface area contributed by atoms with Crippen LogP contribution < -0.4 is 0 Å². The molecule has 1 heteroatoms. The summed E-state index contributed by atoms with van der Waals surface area (Å²) in [6, 6.07) is 63.9. The van der Waals surface area contributed by atoms with Crippen LogP contribution in [0, 0.1) is 0 Å². The highest BCUT2D eigenvalue weighted by atomic mass is 15.0.